The van der Waals surface area contributed by atoms with Crippen LogP contribution in [0.1, 0.15) is 27.8 Å². The van der Waals surface area contributed by atoms with Crippen LogP contribution in [0.4, 0.5) is 5.69 Å². The van der Waals surface area contributed by atoms with Crippen molar-refractivity contribution >= 4 is 28.5 Å². The molecule has 0 aliphatic rings. The van der Waals surface area contributed by atoms with Crippen LogP contribution in [0.15, 0.2) is 48.5 Å². The zero-order valence-electron chi connectivity index (χ0n) is 14.9. The molecule has 6 nitrogen and oxygen atoms in total. The maximum atomic E-state index is 12.8. The maximum Gasteiger partial charge on any atom is 0.339 e. The van der Waals surface area contributed by atoms with E-state index in [9.17, 15) is 9.59 Å². The Bertz CT molecular complexity index is 975. The van der Waals surface area contributed by atoms with Crippen LogP contribution in [0.3, 0.4) is 0 Å². The first kappa shape index (κ1) is 17.5. The largest absolute Gasteiger partial charge is 0.494 e. The van der Waals surface area contributed by atoms with E-state index in [2.05, 4.69) is 5.32 Å². The van der Waals surface area contributed by atoms with Crippen LogP contribution >= 0.6 is 0 Å². The normalized spacial score (nSPS) is 10.6. The molecule has 26 heavy (non-hydrogen) atoms. The molecule has 0 saturated heterocycles. The minimum atomic E-state index is -0.501. The third kappa shape index (κ3) is 3.26. The van der Waals surface area contributed by atoms with E-state index in [-0.39, 0.29) is 5.91 Å². The minimum absolute atomic E-state index is 0.306. The van der Waals surface area contributed by atoms with Crippen molar-refractivity contribution in [2.45, 2.75) is 6.92 Å². The van der Waals surface area contributed by atoms with Gasteiger partial charge in [0.2, 0.25) is 0 Å². The van der Waals surface area contributed by atoms with Crippen LogP contribution in [0.25, 0.3) is 10.9 Å². The highest BCUT2D eigenvalue weighted by Gasteiger charge is 2.17. The van der Waals surface area contributed by atoms with Crippen molar-refractivity contribution in [2.75, 3.05) is 19.0 Å². The topological polar surface area (TPSA) is 69.6 Å². The van der Waals surface area contributed by atoms with Crippen LogP contribution in [-0.2, 0) is 11.8 Å². The monoisotopic (exact) mass is 352 g/mol. The van der Waals surface area contributed by atoms with Gasteiger partial charge < -0.3 is 19.4 Å². The standard InChI is InChI=1S/C20H20N2O4/c1-4-26-14-9-10-17-13(11-14)12-18(22(17)2)19(23)21-16-8-6-5-7-15(16)20(24)25-3/h5-12H,4H2,1-3H3,(H,21,23). The zero-order chi connectivity index (χ0) is 18.7. The number of hydrogen-bond donors (Lipinski definition) is 1. The molecule has 0 saturated carbocycles. The summed E-state index contributed by atoms with van der Waals surface area (Å²) in [7, 11) is 3.13. The Balaban J connectivity index is 1.94. The van der Waals surface area contributed by atoms with Gasteiger partial charge in [0.1, 0.15) is 11.4 Å². The van der Waals surface area contributed by atoms with E-state index >= 15 is 0 Å². The molecule has 134 valence electrons. The summed E-state index contributed by atoms with van der Waals surface area (Å²) in [6.45, 7) is 2.50. The third-order valence-electron chi connectivity index (χ3n) is 4.14. The molecular formula is C20H20N2O4. The van der Waals surface area contributed by atoms with Gasteiger partial charge in [-0.05, 0) is 43.3 Å². The molecule has 0 aliphatic carbocycles. The smallest absolute Gasteiger partial charge is 0.339 e. The molecule has 0 aliphatic heterocycles. The summed E-state index contributed by atoms with van der Waals surface area (Å²) in [5.41, 5.74) is 2.11. The molecule has 1 heterocycles. The Morgan fingerprint density at radius 1 is 1.12 bits per heavy atom. The summed E-state index contributed by atoms with van der Waals surface area (Å²) in [4.78, 5) is 24.6. The lowest BCUT2D eigenvalue weighted by Gasteiger charge is -2.10. The van der Waals surface area contributed by atoms with Gasteiger partial charge in [0.05, 0.1) is 25.0 Å². The summed E-state index contributed by atoms with van der Waals surface area (Å²) >= 11 is 0. The van der Waals surface area contributed by atoms with Crippen molar-refractivity contribution in [1.82, 2.24) is 4.57 Å². The van der Waals surface area contributed by atoms with Crippen LogP contribution in [0.2, 0.25) is 0 Å². The molecule has 1 aromatic heterocycles. The number of aromatic nitrogens is 1. The van der Waals surface area contributed by atoms with Crippen molar-refractivity contribution in [2.24, 2.45) is 7.05 Å². The number of rotatable bonds is 5. The predicted octanol–water partition coefficient (Wildman–Crippen LogP) is 3.62. The molecule has 0 atom stereocenters. The van der Waals surface area contributed by atoms with Gasteiger partial charge in [0.25, 0.3) is 5.91 Å². The lowest BCUT2D eigenvalue weighted by molar-refractivity contribution is 0.0602. The molecule has 3 aromatic rings. The van der Waals surface area contributed by atoms with E-state index in [1.807, 2.05) is 32.2 Å². The van der Waals surface area contributed by atoms with E-state index in [0.717, 1.165) is 16.7 Å². The average Bonchev–Trinajstić information content (AvgIpc) is 2.98. The summed E-state index contributed by atoms with van der Waals surface area (Å²) in [6.07, 6.45) is 0. The van der Waals surface area contributed by atoms with Gasteiger partial charge >= 0.3 is 5.97 Å². The van der Waals surface area contributed by atoms with Gasteiger partial charge in [0, 0.05) is 18.0 Å². The Labute approximate surface area is 151 Å². The van der Waals surface area contributed by atoms with Crippen LogP contribution in [0, 0.1) is 0 Å². The molecule has 0 spiro atoms. The number of benzene rings is 2. The van der Waals surface area contributed by atoms with Crippen molar-refractivity contribution in [3.63, 3.8) is 0 Å². The fraction of sp³-hybridized carbons (Fsp3) is 0.200. The number of aryl methyl sites for hydroxylation is 1. The lowest BCUT2D eigenvalue weighted by atomic mass is 10.1. The van der Waals surface area contributed by atoms with E-state index in [4.69, 9.17) is 9.47 Å². The highest BCUT2D eigenvalue weighted by molar-refractivity contribution is 6.09. The van der Waals surface area contributed by atoms with Crippen molar-refractivity contribution in [3.8, 4) is 5.75 Å². The van der Waals surface area contributed by atoms with Gasteiger partial charge in [-0.2, -0.15) is 0 Å². The number of ether oxygens (including phenoxy) is 2. The SMILES string of the molecule is CCOc1ccc2c(c1)cc(C(=O)Nc1ccccc1C(=O)OC)n2C. The molecule has 2 aromatic carbocycles. The molecule has 1 amide bonds. The Hall–Kier alpha value is -3.28. The second-order valence-corrected chi connectivity index (χ2v) is 5.73. The second kappa shape index (κ2) is 7.31. The average molecular weight is 352 g/mol. The first-order valence-corrected chi connectivity index (χ1v) is 8.26. The molecule has 1 N–H and O–H groups in total. The Kier molecular flexibility index (Phi) is 4.93. The van der Waals surface area contributed by atoms with Gasteiger partial charge in [-0.1, -0.05) is 12.1 Å². The van der Waals surface area contributed by atoms with Gasteiger partial charge in [-0.15, -0.1) is 0 Å². The summed E-state index contributed by atoms with van der Waals surface area (Å²) in [5, 5.41) is 3.70. The number of carbonyl (C=O) groups is 2. The molecule has 0 radical (unpaired) electrons. The summed E-state index contributed by atoms with van der Waals surface area (Å²) in [6, 6.07) is 14.2. The number of fused-ring (bicyclic) bond motifs is 1. The number of nitrogens with one attached hydrogen (secondary N) is 1. The van der Waals surface area contributed by atoms with E-state index < -0.39 is 5.97 Å². The molecule has 0 fully saturated rings. The number of carbonyl (C=O) groups excluding carboxylic acids is 2. The number of nitrogens with zero attached hydrogens (tertiary/aromatic N) is 1. The number of methoxy groups -OCH3 is 1. The fourth-order valence-corrected chi connectivity index (χ4v) is 2.87. The maximum absolute atomic E-state index is 12.8. The number of anilines is 1. The van der Waals surface area contributed by atoms with Crippen LogP contribution in [0.5, 0.6) is 5.75 Å². The first-order valence-electron chi connectivity index (χ1n) is 8.26. The molecule has 3 rings (SSSR count). The zero-order valence-corrected chi connectivity index (χ0v) is 14.9. The third-order valence-corrected chi connectivity index (χ3v) is 4.14. The number of para-hydroxylation sites is 1. The quantitative estimate of drug-likeness (QED) is 0.712. The second-order valence-electron chi connectivity index (χ2n) is 5.73. The minimum Gasteiger partial charge on any atom is -0.494 e. The number of hydrogen-bond acceptors (Lipinski definition) is 4. The van der Waals surface area contributed by atoms with Gasteiger partial charge in [-0.25, -0.2) is 4.79 Å². The van der Waals surface area contributed by atoms with Gasteiger partial charge in [-0.3, -0.25) is 4.79 Å². The van der Waals surface area contributed by atoms with Crippen molar-refractivity contribution in [3.05, 3.63) is 59.8 Å². The Morgan fingerprint density at radius 3 is 2.62 bits per heavy atom. The molecular weight excluding hydrogens is 332 g/mol. The predicted molar refractivity (Wildman–Crippen MR) is 99.8 cm³/mol. The fourth-order valence-electron chi connectivity index (χ4n) is 2.87. The van der Waals surface area contributed by atoms with Crippen LogP contribution in [-0.4, -0.2) is 30.2 Å². The molecule has 0 bridgehead atoms. The number of amides is 1. The van der Waals surface area contributed by atoms with E-state index in [1.54, 1.807) is 34.9 Å². The highest BCUT2D eigenvalue weighted by Crippen LogP contribution is 2.25. The number of esters is 1. The molecule has 0 unspecified atom stereocenters. The van der Waals surface area contributed by atoms with Crippen molar-refractivity contribution in [1.29, 1.82) is 0 Å². The first-order chi connectivity index (χ1) is 12.5. The van der Waals surface area contributed by atoms with Crippen molar-refractivity contribution < 1.29 is 19.1 Å². The molecule has 6 heteroatoms. The van der Waals surface area contributed by atoms with Crippen LogP contribution < -0.4 is 10.1 Å². The summed E-state index contributed by atoms with van der Waals surface area (Å²) in [5.74, 6) is -0.0501. The van der Waals surface area contributed by atoms with Gasteiger partial charge in [0.15, 0.2) is 0 Å². The lowest BCUT2D eigenvalue weighted by Crippen LogP contribution is -2.17. The Morgan fingerprint density at radius 2 is 1.88 bits per heavy atom. The van der Waals surface area contributed by atoms with E-state index in [1.165, 1.54) is 7.11 Å². The van der Waals surface area contributed by atoms with E-state index in [0.29, 0.717) is 23.6 Å². The summed E-state index contributed by atoms with van der Waals surface area (Å²) < 4.78 is 12.1. The highest BCUT2D eigenvalue weighted by atomic mass is 16.5.